The van der Waals surface area contributed by atoms with Gasteiger partial charge in [-0.3, -0.25) is 19.3 Å². The van der Waals surface area contributed by atoms with E-state index in [9.17, 15) is 27.6 Å². The number of hydrogen-bond donors (Lipinski definition) is 1. The van der Waals surface area contributed by atoms with Crippen LogP contribution in [0.15, 0.2) is 44.1 Å². The summed E-state index contributed by atoms with van der Waals surface area (Å²) in [7, 11) is 0. The van der Waals surface area contributed by atoms with Crippen molar-refractivity contribution in [2.75, 3.05) is 6.54 Å². The summed E-state index contributed by atoms with van der Waals surface area (Å²) in [5.74, 6) is -1.57. The predicted octanol–water partition coefficient (Wildman–Crippen LogP) is 5.63. The Morgan fingerprint density at radius 2 is 1.97 bits per heavy atom. The van der Waals surface area contributed by atoms with Gasteiger partial charge in [0.25, 0.3) is 11.1 Å². The van der Waals surface area contributed by atoms with Crippen LogP contribution in [0.25, 0.3) is 17.4 Å². The molecule has 0 saturated carbocycles. The number of benzene rings is 1. The van der Waals surface area contributed by atoms with E-state index in [1.54, 1.807) is 0 Å². The number of nitrogens with zero attached hydrogens (tertiary/aromatic N) is 1. The summed E-state index contributed by atoms with van der Waals surface area (Å²) in [4.78, 5) is 35.9. The minimum Gasteiger partial charge on any atom is -0.481 e. The predicted molar refractivity (Wildman–Crippen MR) is 106 cm³/mol. The average Bonchev–Trinajstić information content (AvgIpc) is 3.21. The molecule has 1 fully saturated rings. The number of carbonyl (C=O) groups is 3. The fraction of sp³-hybridized carbons (Fsp3) is 0.211. The maximum absolute atomic E-state index is 13.3. The van der Waals surface area contributed by atoms with Crippen molar-refractivity contribution in [3.63, 3.8) is 0 Å². The van der Waals surface area contributed by atoms with E-state index in [2.05, 4.69) is 15.9 Å². The first kappa shape index (κ1) is 22.2. The fourth-order valence-electron chi connectivity index (χ4n) is 2.75. The van der Waals surface area contributed by atoms with Crippen LogP contribution in [0.2, 0.25) is 0 Å². The molecule has 6 nitrogen and oxygen atoms in total. The van der Waals surface area contributed by atoms with E-state index in [4.69, 9.17) is 9.52 Å². The number of carboxylic acid groups (broad SMARTS) is 1. The molecule has 30 heavy (non-hydrogen) atoms. The summed E-state index contributed by atoms with van der Waals surface area (Å²) in [6, 6.07) is 6.42. The number of thioether (sulfide) groups is 1. The second-order valence-electron chi connectivity index (χ2n) is 6.22. The van der Waals surface area contributed by atoms with Gasteiger partial charge in [0.05, 0.1) is 10.5 Å². The van der Waals surface area contributed by atoms with E-state index in [0.29, 0.717) is 11.8 Å². The average molecular weight is 504 g/mol. The van der Waals surface area contributed by atoms with Gasteiger partial charge in [0.15, 0.2) is 0 Å². The number of carboxylic acids is 1. The third-order valence-electron chi connectivity index (χ3n) is 4.10. The number of hydrogen-bond acceptors (Lipinski definition) is 5. The first-order chi connectivity index (χ1) is 14.1. The van der Waals surface area contributed by atoms with E-state index in [0.717, 1.165) is 11.0 Å². The Morgan fingerprint density at radius 3 is 2.63 bits per heavy atom. The molecule has 0 atom stereocenters. The quantitative estimate of drug-likeness (QED) is 0.514. The number of rotatable bonds is 6. The van der Waals surface area contributed by atoms with E-state index < -0.39 is 28.9 Å². The highest BCUT2D eigenvalue weighted by molar-refractivity contribution is 9.10. The largest absolute Gasteiger partial charge is 0.481 e. The van der Waals surface area contributed by atoms with E-state index in [1.807, 2.05) is 0 Å². The molecule has 158 valence electrons. The molecule has 2 aromatic rings. The Labute approximate surface area is 180 Å². The smallest absolute Gasteiger partial charge is 0.417 e. The lowest BCUT2D eigenvalue weighted by Crippen LogP contribution is -2.29. The number of furan rings is 1. The van der Waals surface area contributed by atoms with Crippen molar-refractivity contribution in [3.8, 4) is 11.3 Å². The van der Waals surface area contributed by atoms with Gasteiger partial charge in [-0.2, -0.15) is 13.2 Å². The summed E-state index contributed by atoms with van der Waals surface area (Å²) in [6.07, 6.45) is -3.38. The molecule has 1 aromatic heterocycles. The summed E-state index contributed by atoms with van der Waals surface area (Å²) in [5, 5.41) is 8.11. The van der Waals surface area contributed by atoms with Crippen molar-refractivity contribution in [3.05, 3.63) is 51.0 Å². The van der Waals surface area contributed by atoms with Gasteiger partial charge in [-0.15, -0.1) is 0 Å². The topological polar surface area (TPSA) is 87.8 Å². The van der Waals surface area contributed by atoms with Gasteiger partial charge < -0.3 is 9.52 Å². The van der Waals surface area contributed by atoms with Crippen molar-refractivity contribution in [1.82, 2.24) is 4.90 Å². The molecule has 2 heterocycles. The second-order valence-corrected chi connectivity index (χ2v) is 8.13. The first-order valence-electron chi connectivity index (χ1n) is 8.50. The van der Waals surface area contributed by atoms with Gasteiger partial charge in [-0.05, 0) is 48.5 Å². The Kier molecular flexibility index (Phi) is 6.41. The van der Waals surface area contributed by atoms with Crippen LogP contribution in [0.5, 0.6) is 0 Å². The zero-order valence-electron chi connectivity index (χ0n) is 15.0. The zero-order valence-corrected chi connectivity index (χ0v) is 17.4. The van der Waals surface area contributed by atoms with Crippen LogP contribution in [0.3, 0.4) is 0 Å². The van der Waals surface area contributed by atoms with Crippen LogP contribution in [-0.4, -0.2) is 33.7 Å². The van der Waals surface area contributed by atoms with Crippen molar-refractivity contribution in [2.24, 2.45) is 0 Å². The van der Waals surface area contributed by atoms with Crippen LogP contribution in [0.1, 0.15) is 24.2 Å². The van der Waals surface area contributed by atoms with Crippen molar-refractivity contribution in [1.29, 1.82) is 0 Å². The fourth-order valence-corrected chi connectivity index (χ4v) is 3.96. The number of imide groups is 1. The maximum atomic E-state index is 13.3. The molecule has 2 amide bonds. The number of alkyl halides is 3. The molecular formula is C19H13BrF3NO5S. The SMILES string of the molecule is O=C(O)CCCN1C(=O)S/C(=C/c2ccc(-c3ccc(Br)cc3C(F)(F)F)o2)C1=O. The lowest BCUT2D eigenvalue weighted by molar-refractivity contribution is -0.138. The van der Waals surface area contributed by atoms with E-state index in [1.165, 1.54) is 30.3 Å². The molecule has 1 saturated heterocycles. The summed E-state index contributed by atoms with van der Waals surface area (Å²) >= 11 is 3.67. The molecular weight excluding hydrogens is 491 g/mol. The van der Waals surface area contributed by atoms with Crippen LogP contribution >= 0.6 is 27.7 Å². The van der Waals surface area contributed by atoms with Crippen molar-refractivity contribution < 1.29 is 37.1 Å². The minimum atomic E-state index is -4.59. The van der Waals surface area contributed by atoms with Crippen molar-refractivity contribution in [2.45, 2.75) is 19.0 Å². The molecule has 0 spiro atoms. The number of aliphatic carboxylic acids is 1. The molecule has 0 radical (unpaired) electrons. The van der Waals surface area contributed by atoms with Gasteiger partial charge in [-0.1, -0.05) is 15.9 Å². The minimum absolute atomic E-state index is 0.0362. The van der Waals surface area contributed by atoms with Gasteiger partial charge >= 0.3 is 12.1 Å². The lowest BCUT2D eigenvalue weighted by atomic mass is 10.1. The van der Waals surface area contributed by atoms with E-state index in [-0.39, 0.29) is 45.8 Å². The molecule has 1 aliphatic heterocycles. The Balaban J connectivity index is 1.83. The number of carbonyl (C=O) groups excluding carboxylic acids is 2. The highest BCUT2D eigenvalue weighted by Gasteiger charge is 2.36. The Morgan fingerprint density at radius 1 is 1.23 bits per heavy atom. The summed E-state index contributed by atoms with van der Waals surface area (Å²) < 4.78 is 45.7. The molecule has 1 aliphatic rings. The molecule has 11 heteroatoms. The van der Waals surface area contributed by atoms with Crippen LogP contribution in [0.4, 0.5) is 18.0 Å². The Hall–Kier alpha value is -2.53. The molecule has 1 N–H and O–H groups in total. The lowest BCUT2D eigenvalue weighted by Gasteiger charge is -2.11. The molecule has 0 unspecified atom stereocenters. The third kappa shape index (κ3) is 4.96. The molecule has 1 aromatic carbocycles. The molecule has 3 rings (SSSR count). The highest BCUT2D eigenvalue weighted by atomic mass is 79.9. The van der Waals surface area contributed by atoms with Crippen LogP contribution < -0.4 is 0 Å². The van der Waals surface area contributed by atoms with Gasteiger partial charge in [0.2, 0.25) is 0 Å². The van der Waals surface area contributed by atoms with Crippen LogP contribution in [0, 0.1) is 0 Å². The number of halogens is 4. The first-order valence-corrected chi connectivity index (χ1v) is 10.1. The maximum Gasteiger partial charge on any atom is 0.417 e. The van der Waals surface area contributed by atoms with Gasteiger partial charge in [0.1, 0.15) is 11.5 Å². The molecule has 0 bridgehead atoms. The normalized spacial score (nSPS) is 16.0. The second kappa shape index (κ2) is 8.68. The monoisotopic (exact) mass is 503 g/mol. The standard InChI is InChI=1S/C19H13BrF3NO5S/c20-10-3-5-12(13(8-10)19(21,22)23)14-6-4-11(29-14)9-15-17(27)24(18(28)30-15)7-1-2-16(25)26/h3-6,8-9H,1-2,7H2,(H,25,26)/b15-9+. The van der Waals surface area contributed by atoms with Crippen molar-refractivity contribution >= 4 is 50.9 Å². The summed E-state index contributed by atoms with van der Waals surface area (Å²) in [5.41, 5.74) is -1.04. The highest BCUT2D eigenvalue weighted by Crippen LogP contribution is 2.40. The molecule has 0 aliphatic carbocycles. The van der Waals surface area contributed by atoms with E-state index >= 15 is 0 Å². The third-order valence-corrected chi connectivity index (χ3v) is 5.50. The van der Waals surface area contributed by atoms with Gasteiger partial charge in [-0.25, -0.2) is 0 Å². The Bertz CT molecular complexity index is 1050. The van der Waals surface area contributed by atoms with Gasteiger partial charge in [0, 0.05) is 29.1 Å². The van der Waals surface area contributed by atoms with Crippen LogP contribution in [-0.2, 0) is 15.8 Å². The summed E-state index contributed by atoms with van der Waals surface area (Å²) in [6.45, 7) is -0.0362. The number of amides is 2. The zero-order chi connectivity index (χ0) is 22.1.